The molecule has 0 saturated heterocycles. The highest BCUT2D eigenvalue weighted by Crippen LogP contribution is 2.31. The minimum atomic E-state index is -0.656. The molecule has 0 N–H and O–H groups in total. The highest BCUT2D eigenvalue weighted by molar-refractivity contribution is 5.34. The van der Waals surface area contributed by atoms with Gasteiger partial charge in [-0.3, -0.25) is 0 Å². The molecule has 0 heterocycles. The van der Waals surface area contributed by atoms with Crippen LogP contribution in [0.25, 0.3) is 0 Å². The van der Waals surface area contributed by atoms with E-state index in [1.165, 1.54) is 22.3 Å². The molecule has 49 heavy (non-hydrogen) atoms. The second-order valence-electron chi connectivity index (χ2n) is 17.8. The Kier molecular flexibility index (Phi) is 11.5. The van der Waals surface area contributed by atoms with Gasteiger partial charge in [0.25, 0.3) is 0 Å². The van der Waals surface area contributed by atoms with Crippen molar-refractivity contribution in [2.24, 2.45) is 5.41 Å². The summed E-state index contributed by atoms with van der Waals surface area (Å²) in [6, 6.07) is 33.6. The van der Waals surface area contributed by atoms with Crippen molar-refractivity contribution in [2.75, 3.05) is 26.4 Å². The molecule has 0 radical (unpaired) electrons. The Morgan fingerprint density at radius 2 is 0.449 bits per heavy atom. The van der Waals surface area contributed by atoms with E-state index in [2.05, 4.69) is 180 Å². The van der Waals surface area contributed by atoms with Crippen molar-refractivity contribution >= 4 is 0 Å². The maximum atomic E-state index is 6.56. The molecule has 0 spiro atoms. The van der Waals surface area contributed by atoms with E-state index in [1.54, 1.807) is 0 Å². The number of hydrogen-bond donors (Lipinski definition) is 0. The Balaban J connectivity index is 1.65. The summed E-state index contributed by atoms with van der Waals surface area (Å²) in [5, 5.41) is 0. The molecule has 0 unspecified atom stereocenters. The topological polar surface area (TPSA) is 36.9 Å². The molecule has 0 aliphatic heterocycles. The largest absolute Gasteiger partial charge is 0.493 e. The fourth-order valence-electron chi connectivity index (χ4n) is 5.40. The molecule has 0 aliphatic rings. The van der Waals surface area contributed by atoms with E-state index in [0.717, 1.165) is 23.0 Å². The zero-order chi connectivity index (χ0) is 36.1. The molecule has 0 amide bonds. The van der Waals surface area contributed by atoms with Crippen LogP contribution in [0, 0.1) is 5.41 Å². The fraction of sp³-hybridized carbons (Fsp3) is 0.467. The second-order valence-corrected chi connectivity index (χ2v) is 17.8. The molecule has 4 nitrogen and oxygen atoms in total. The molecule has 4 aromatic rings. The molecule has 4 heteroatoms. The SMILES string of the molecule is CC(C)(C)c1ccc(OCC(COc2ccc(C(C)(C)C)cc2)(COc2ccc(C(C)(C)C)cc2)COc2ccc(C(C)(C)C)cc2)cc1. The highest BCUT2D eigenvalue weighted by atomic mass is 16.5. The Hall–Kier alpha value is -3.92. The predicted molar refractivity (Wildman–Crippen MR) is 205 cm³/mol. The first-order valence-electron chi connectivity index (χ1n) is 17.7. The van der Waals surface area contributed by atoms with Crippen LogP contribution >= 0.6 is 0 Å². The molecule has 264 valence electrons. The van der Waals surface area contributed by atoms with E-state index in [9.17, 15) is 0 Å². The first-order chi connectivity index (χ1) is 22.7. The van der Waals surface area contributed by atoms with Crippen molar-refractivity contribution in [1.29, 1.82) is 0 Å². The predicted octanol–water partition coefficient (Wildman–Crippen LogP) is 11.5. The van der Waals surface area contributed by atoms with Crippen LogP contribution in [0.2, 0.25) is 0 Å². The lowest BCUT2D eigenvalue weighted by atomic mass is 9.87. The van der Waals surface area contributed by atoms with Crippen LogP contribution in [-0.2, 0) is 21.7 Å². The summed E-state index contributed by atoms with van der Waals surface area (Å²) in [6.45, 7) is 28.0. The summed E-state index contributed by atoms with van der Waals surface area (Å²) >= 11 is 0. The van der Waals surface area contributed by atoms with Crippen molar-refractivity contribution in [3.05, 3.63) is 119 Å². The summed E-state index contributed by atoms with van der Waals surface area (Å²) in [4.78, 5) is 0. The Morgan fingerprint density at radius 1 is 0.286 bits per heavy atom. The smallest absolute Gasteiger partial charge is 0.119 e. The van der Waals surface area contributed by atoms with Crippen LogP contribution in [0.15, 0.2) is 97.1 Å². The maximum absolute atomic E-state index is 6.56. The Labute approximate surface area is 297 Å². The van der Waals surface area contributed by atoms with Gasteiger partial charge in [-0.25, -0.2) is 0 Å². The van der Waals surface area contributed by atoms with Crippen molar-refractivity contribution < 1.29 is 18.9 Å². The van der Waals surface area contributed by atoms with E-state index in [4.69, 9.17) is 18.9 Å². The van der Waals surface area contributed by atoms with Gasteiger partial charge in [-0.05, 0) is 92.4 Å². The van der Waals surface area contributed by atoms with Crippen LogP contribution in [0.3, 0.4) is 0 Å². The lowest BCUT2D eigenvalue weighted by molar-refractivity contribution is -0.00354. The van der Waals surface area contributed by atoms with Crippen LogP contribution in [0.4, 0.5) is 0 Å². The standard InChI is InChI=1S/C45H60O4/c1-41(2,3)33-13-21-37(22-14-33)46-29-45(30-47-38-23-15-34(16-24-38)42(4,5)6,31-48-39-25-17-35(18-26-39)43(7,8)9)32-49-40-27-19-36(20-28-40)44(10,11)12/h13-28H,29-32H2,1-12H3. The van der Waals surface area contributed by atoms with Gasteiger partial charge >= 0.3 is 0 Å². The summed E-state index contributed by atoms with van der Waals surface area (Å²) in [6.07, 6.45) is 0. The van der Waals surface area contributed by atoms with Crippen molar-refractivity contribution in [2.45, 2.75) is 105 Å². The third-order valence-electron chi connectivity index (χ3n) is 9.06. The molecule has 0 saturated carbocycles. The van der Waals surface area contributed by atoms with Crippen LogP contribution in [0.1, 0.15) is 105 Å². The molecule has 0 aliphatic carbocycles. The number of benzene rings is 4. The first kappa shape index (κ1) is 37.9. The van der Waals surface area contributed by atoms with Crippen molar-refractivity contribution in [3.63, 3.8) is 0 Å². The zero-order valence-corrected chi connectivity index (χ0v) is 32.2. The summed E-state index contributed by atoms with van der Waals surface area (Å²) in [5.41, 5.74) is 4.63. The minimum absolute atomic E-state index is 0.0609. The average molecular weight is 665 g/mol. The normalized spacial score (nSPS) is 12.8. The maximum Gasteiger partial charge on any atom is 0.119 e. The van der Waals surface area contributed by atoms with Gasteiger partial charge in [-0.1, -0.05) is 132 Å². The van der Waals surface area contributed by atoms with Gasteiger partial charge in [0, 0.05) is 0 Å². The summed E-state index contributed by atoms with van der Waals surface area (Å²) in [5.74, 6) is 3.21. The van der Waals surface area contributed by atoms with Gasteiger partial charge in [-0.15, -0.1) is 0 Å². The molecule has 0 atom stereocenters. The van der Waals surface area contributed by atoms with Crippen molar-refractivity contribution in [1.82, 2.24) is 0 Å². The molecule has 0 aromatic heterocycles. The number of ether oxygens (including phenoxy) is 4. The molecule has 4 aromatic carbocycles. The minimum Gasteiger partial charge on any atom is -0.493 e. The monoisotopic (exact) mass is 664 g/mol. The third kappa shape index (κ3) is 11.0. The van der Waals surface area contributed by atoms with Gasteiger partial charge in [0.05, 0.1) is 0 Å². The lowest BCUT2D eigenvalue weighted by Crippen LogP contribution is -2.45. The number of rotatable bonds is 12. The fourth-order valence-corrected chi connectivity index (χ4v) is 5.40. The van der Waals surface area contributed by atoms with Crippen LogP contribution in [0.5, 0.6) is 23.0 Å². The summed E-state index contributed by atoms with van der Waals surface area (Å²) in [7, 11) is 0. The molecule has 0 bridgehead atoms. The molecular formula is C45H60O4. The van der Waals surface area contributed by atoms with Crippen molar-refractivity contribution in [3.8, 4) is 23.0 Å². The molecule has 4 rings (SSSR count). The summed E-state index contributed by atoms with van der Waals surface area (Å²) < 4.78 is 26.2. The zero-order valence-electron chi connectivity index (χ0n) is 32.2. The van der Waals surface area contributed by atoms with E-state index >= 15 is 0 Å². The molecular weight excluding hydrogens is 604 g/mol. The van der Waals surface area contributed by atoms with Crippen LogP contribution in [-0.4, -0.2) is 26.4 Å². The Bertz CT molecular complexity index is 1340. The Morgan fingerprint density at radius 3 is 0.592 bits per heavy atom. The first-order valence-corrected chi connectivity index (χ1v) is 17.7. The average Bonchev–Trinajstić information content (AvgIpc) is 3.03. The molecule has 0 fully saturated rings. The third-order valence-corrected chi connectivity index (χ3v) is 9.06. The van der Waals surface area contributed by atoms with Gasteiger partial charge in [-0.2, -0.15) is 0 Å². The van der Waals surface area contributed by atoms with E-state index < -0.39 is 5.41 Å². The van der Waals surface area contributed by atoms with Gasteiger partial charge < -0.3 is 18.9 Å². The van der Waals surface area contributed by atoms with Gasteiger partial charge in [0.2, 0.25) is 0 Å². The quantitative estimate of drug-likeness (QED) is 0.151. The van der Waals surface area contributed by atoms with Gasteiger partial charge in [0.15, 0.2) is 0 Å². The van der Waals surface area contributed by atoms with Crippen LogP contribution < -0.4 is 18.9 Å². The van der Waals surface area contributed by atoms with E-state index in [0.29, 0.717) is 26.4 Å². The van der Waals surface area contributed by atoms with E-state index in [1.807, 2.05) is 0 Å². The van der Waals surface area contributed by atoms with E-state index in [-0.39, 0.29) is 21.7 Å². The highest BCUT2D eigenvalue weighted by Gasteiger charge is 2.36. The lowest BCUT2D eigenvalue weighted by Gasteiger charge is -2.33. The second kappa shape index (κ2) is 14.9. The number of hydrogen-bond acceptors (Lipinski definition) is 4. The van der Waals surface area contributed by atoms with Gasteiger partial charge in [0.1, 0.15) is 54.8 Å².